The molecule has 0 atom stereocenters. The molecule has 0 saturated carbocycles. The molecule has 0 unspecified atom stereocenters. The smallest absolute Gasteiger partial charge is 0.189 e. The Morgan fingerprint density at radius 3 is 2.41 bits per heavy atom. The van der Waals surface area contributed by atoms with E-state index in [2.05, 4.69) is 11.1 Å². The van der Waals surface area contributed by atoms with Crippen molar-refractivity contribution in [2.45, 2.75) is 0 Å². The SMILES string of the molecule is Fc1cccc(F)c1B1c2ccc[c-]c2-c2ncccc21.[Ir]. The first-order chi connectivity index (χ1) is 10.3. The molecule has 1 aromatic heterocycles. The molecule has 2 aromatic carbocycles. The zero-order chi connectivity index (χ0) is 14.4. The predicted octanol–water partition coefficient (Wildman–Crippen LogP) is 1.65. The van der Waals surface area contributed by atoms with Gasteiger partial charge in [0.15, 0.2) is 6.71 Å². The van der Waals surface area contributed by atoms with Crippen molar-refractivity contribution >= 4 is 23.1 Å². The number of benzene rings is 2. The van der Waals surface area contributed by atoms with Crippen LogP contribution in [0.3, 0.4) is 0 Å². The van der Waals surface area contributed by atoms with E-state index in [0.29, 0.717) is 0 Å². The Morgan fingerprint density at radius 1 is 0.909 bits per heavy atom. The Labute approximate surface area is 140 Å². The van der Waals surface area contributed by atoms with Crippen molar-refractivity contribution < 1.29 is 28.9 Å². The van der Waals surface area contributed by atoms with Crippen LogP contribution in [0.2, 0.25) is 0 Å². The summed E-state index contributed by atoms with van der Waals surface area (Å²) >= 11 is 0. The summed E-state index contributed by atoms with van der Waals surface area (Å²) < 4.78 is 28.4. The van der Waals surface area contributed by atoms with Gasteiger partial charge >= 0.3 is 0 Å². The van der Waals surface area contributed by atoms with Crippen LogP contribution in [0.25, 0.3) is 11.3 Å². The molecule has 0 fully saturated rings. The Morgan fingerprint density at radius 2 is 1.64 bits per heavy atom. The van der Waals surface area contributed by atoms with E-state index in [0.717, 1.165) is 22.2 Å². The molecule has 109 valence electrons. The summed E-state index contributed by atoms with van der Waals surface area (Å²) in [6.07, 6.45) is 1.68. The van der Waals surface area contributed by atoms with E-state index in [4.69, 9.17) is 0 Å². The molecule has 1 aliphatic heterocycles. The van der Waals surface area contributed by atoms with Gasteiger partial charge in [-0.2, -0.15) is 0 Å². The summed E-state index contributed by atoms with van der Waals surface area (Å²) in [7, 11) is 0. The van der Waals surface area contributed by atoms with E-state index in [1.54, 1.807) is 18.3 Å². The molecule has 1 nitrogen and oxygen atoms in total. The second kappa shape index (κ2) is 5.75. The van der Waals surface area contributed by atoms with E-state index in [1.165, 1.54) is 18.2 Å². The standard InChI is InChI=1S/C17H9BF2N.Ir/c19-14-8-3-9-15(20)16(14)18-12-6-2-1-5-11(12)17-13(18)7-4-10-21-17;/h1-4,6-10H;/q-1;. The number of rotatable bonds is 1. The average molecular weight is 468 g/mol. The average Bonchev–Trinajstić information content (AvgIpc) is 2.83. The molecule has 3 aromatic rings. The van der Waals surface area contributed by atoms with E-state index >= 15 is 0 Å². The zero-order valence-corrected chi connectivity index (χ0v) is 13.7. The van der Waals surface area contributed by atoms with Gasteiger partial charge in [-0.25, -0.2) is 8.78 Å². The monoisotopic (exact) mass is 469 g/mol. The maximum Gasteiger partial charge on any atom is 0.189 e. The van der Waals surface area contributed by atoms with Gasteiger partial charge in [0, 0.05) is 26.3 Å². The first-order valence-electron chi connectivity index (χ1n) is 6.67. The molecule has 22 heavy (non-hydrogen) atoms. The first-order valence-corrected chi connectivity index (χ1v) is 6.67. The molecule has 1 aliphatic rings. The number of fused-ring (bicyclic) bond motifs is 3. The molecule has 2 heterocycles. The zero-order valence-electron chi connectivity index (χ0n) is 11.3. The fraction of sp³-hybridized carbons (Fsp3) is 0. The molecule has 0 spiro atoms. The third kappa shape index (κ3) is 2.13. The van der Waals surface area contributed by atoms with Gasteiger partial charge in [-0.15, -0.1) is 35.3 Å². The minimum Gasteiger partial charge on any atom is -0.305 e. The van der Waals surface area contributed by atoms with Crippen LogP contribution < -0.4 is 16.4 Å². The molecule has 1 radical (unpaired) electrons. The third-order valence-electron chi connectivity index (χ3n) is 3.87. The Hall–Kier alpha value is -1.84. The van der Waals surface area contributed by atoms with Crippen LogP contribution in [-0.2, 0) is 20.1 Å². The topological polar surface area (TPSA) is 12.9 Å². The molecule has 5 heteroatoms. The molecular weight excluding hydrogens is 459 g/mol. The largest absolute Gasteiger partial charge is 0.305 e. The van der Waals surface area contributed by atoms with Gasteiger partial charge in [0.1, 0.15) is 11.6 Å². The van der Waals surface area contributed by atoms with Gasteiger partial charge in [0.25, 0.3) is 0 Å². The Bertz CT molecular complexity index is 788. The van der Waals surface area contributed by atoms with Crippen molar-refractivity contribution in [1.82, 2.24) is 4.98 Å². The Balaban J connectivity index is 0.00000144. The minimum absolute atomic E-state index is 0. The van der Waals surface area contributed by atoms with Gasteiger partial charge in [0.2, 0.25) is 0 Å². The summed E-state index contributed by atoms with van der Waals surface area (Å²) in [5.74, 6) is -1.07. The summed E-state index contributed by atoms with van der Waals surface area (Å²) in [5, 5.41) is 0. The van der Waals surface area contributed by atoms with Crippen molar-refractivity contribution in [3.63, 3.8) is 0 Å². The molecule has 0 saturated heterocycles. The normalized spacial score (nSPS) is 11.6. The summed E-state index contributed by atoms with van der Waals surface area (Å²) in [6.45, 7) is -0.470. The fourth-order valence-electron chi connectivity index (χ4n) is 3.02. The predicted molar refractivity (Wildman–Crippen MR) is 79.5 cm³/mol. The van der Waals surface area contributed by atoms with Gasteiger partial charge in [0.05, 0.1) is 0 Å². The second-order valence-electron chi connectivity index (χ2n) is 5.01. The third-order valence-corrected chi connectivity index (χ3v) is 3.87. The van der Waals surface area contributed by atoms with E-state index < -0.39 is 18.3 Å². The van der Waals surface area contributed by atoms with Gasteiger partial charge in [-0.1, -0.05) is 17.6 Å². The van der Waals surface area contributed by atoms with Gasteiger partial charge < -0.3 is 4.98 Å². The fourth-order valence-corrected chi connectivity index (χ4v) is 3.02. The summed E-state index contributed by atoms with van der Waals surface area (Å²) in [5.41, 5.74) is 3.31. The van der Waals surface area contributed by atoms with Crippen molar-refractivity contribution in [2.24, 2.45) is 0 Å². The summed E-state index contributed by atoms with van der Waals surface area (Å²) in [6, 6.07) is 16.3. The van der Waals surface area contributed by atoms with Crippen LogP contribution in [0.4, 0.5) is 8.78 Å². The molecule has 0 amide bonds. The second-order valence-corrected chi connectivity index (χ2v) is 5.01. The van der Waals surface area contributed by atoms with Crippen LogP contribution in [0, 0.1) is 17.7 Å². The van der Waals surface area contributed by atoms with Crippen LogP contribution in [0.1, 0.15) is 0 Å². The number of hydrogen-bond donors (Lipinski definition) is 0. The Kier molecular flexibility index (Phi) is 3.94. The number of pyridine rings is 1. The van der Waals surface area contributed by atoms with Gasteiger partial charge in [-0.3, -0.25) is 0 Å². The molecule has 0 aliphatic carbocycles. The first kappa shape index (κ1) is 15.1. The van der Waals surface area contributed by atoms with Crippen LogP contribution in [-0.4, -0.2) is 11.7 Å². The van der Waals surface area contributed by atoms with E-state index in [1.807, 2.05) is 18.2 Å². The van der Waals surface area contributed by atoms with E-state index in [9.17, 15) is 8.78 Å². The van der Waals surface area contributed by atoms with Crippen LogP contribution in [0.15, 0.2) is 54.7 Å². The quantitative estimate of drug-likeness (QED) is 0.306. The number of nitrogens with zero attached hydrogens (tertiary/aromatic N) is 1. The van der Waals surface area contributed by atoms with Crippen molar-refractivity contribution in [3.05, 3.63) is 72.4 Å². The van der Waals surface area contributed by atoms with E-state index in [-0.39, 0.29) is 25.6 Å². The molecule has 0 N–H and O–H groups in total. The van der Waals surface area contributed by atoms with Gasteiger partial charge in [-0.05, 0) is 29.4 Å². The van der Waals surface area contributed by atoms with Crippen LogP contribution >= 0.6 is 0 Å². The molecule has 4 rings (SSSR count). The molecule has 0 bridgehead atoms. The summed E-state index contributed by atoms with van der Waals surface area (Å²) in [4.78, 5) is 4.36. The maximum absolute atomic E-state index is 14.2. The minimum atomic E-state index is -0.536. The maximum atomic E-state index is 14.2. The van der Waals surface area contributed by atoms with Crippen molar-refractivity contribution in [3.8, 4) is 11.3 Å². The molecular formula is C17H9BF2IrN-. The van der Waals surface area contributed by atoms with Crippen molar-refractivity contribution in [1.29, 1.82) is 0 Å². The van der Waals surface area contributed by atoms with Crippen molar-refractivity contribution in [2.75, 3.05) is 0 Å². The number of aromatic nitrogens is 1. The van der Waals surface area contributed by atoms with Crippen LogP contribution in [0.5, 0.6) is 0 Å². The number of halogens is 2. The number of hydrogen-bond acceptors (Lipinski definition) is 1.